The van der Waals surface area contributed by atoms with Crippen molar-refractivity contribution in [3.63, 3.8) is 0 Å². The van der Waals surface area contributed by atoms with E-state index in [1.807, 2.05) is 27.7 Å². The molecule has 0 spiro atoms. The first-order chi connectivity index (χ1) is 14.1. The van der Waals surface area contributed by atoms with Gasteiger partial charge in [0.15, 0.2) is 5.82 Å². The van der Waals surface area contributed by atoms with Crippen LogP contribution in [0.4, 0.5) is 4.79 Å². The van der Waals surface area contributed by atoms with Gasteiger partial charge in [0.05, 0.1) is 12.1 Å². The number of likely N-dealkylation sites (tertiary alicyclic amines) is 1. The van der Waals surface area contributed by atoms with Crippen LogP contribution in [-0.4, -0.2) is 51.3 Å². The molecule has 30 heavy (non-hydrogen) atoms. The molecule has 0 radical (unpaired) electrons. The molecule has 1 aliphatic carbocycles. The van der Waals surface area contributed by atoms with E-state index in [4.69, 9.17) is 9.26 Å². The molecule has 2 aliphatic rings. The molecule has 1 N–H and O–H groups in total. The molecule has 1 saturated carbocycles. The average molecular weight is 421 g/mol. The van der Waals surface area contributed by atoms with Crippen LogP contribution in [0.2, 0.25) is 0 Å². The highest BCUT2D eigenvalue weighted by Gasteiger charge is 2.38. The number of carbonyl (C=O) groups excluding carboxylic acids is 2. The molecule has 3 unspecified atom stereocenters. The van der Waals surface area contributed by atoms with Gasteiger partial charge < -0.3 is 19.5 Å². The second kappa shape index (κ2) is 9.35. The lowest BCUT2D eigenvalue weighted by Crippen LogP contribution is -2.59. The lowest BCUT2D eigenvalue weighted by molar-refractivity contribution is -0.123. The van der Waals surface area contributed by atoms with Gasteiger partial charge in [-0.1, -0.05) is 24.9 Å². The molecule has 3 atom stereocenters. The number of rotatable bonds is 5. The highest BCUT2D eigenvalue weighted by Crippen LogP contribution is 2.32. The first-order valence-electron chi connectivity index (χ1n) is 11.3. The fourth-order valence-corrected chi connectivity index (χ4v) is 4.43. The summed E-state index contributed by atoms with van der Waals surface area (Å²) < 4.78 is 10.9. The van der Waals surface area contributed by atoms with Crippen LogP contribution in [-0.2, 0) is 16.0 Å². The van der Waals surface area contributed by atoms with Crippen LogP contribution in [0.5, 0.6) is 0 Å². The number of hydrogen-bond acceptors (Lipinski definition) is 6. The molecule has 8 heteroatoms. The number of aryl methyl sites for hydroxylation is 1. The maximum atomic E-state index is 12.6. The zero-order chi connectivity index (χ0) is 21.9. The number of piperidine rings is 1. The number of carbonyl (C=O) groups is 2. The number of hydrogen-bond donors (Lipinski definition) is 1. The maximum Gasteiger partial charge on any atom is 0.410 e. The van der Waals surface area contributed by atoms with Crippen LogP contribution >= 0.6 is 0 Å². The Morgan fingerprint density at radius 3 is 2.57 bits per heavy atom. The molecule has 8 nitrogen and oxygen atoms in total. The van der Waals surface area contributed by atoms with Crippen molar-refractivity contribution in [1.82, 2.24) is 20.4 Å². The molecule has 168 valence electrons. The molecular formula is C22H36N4O4. The van der Waals surface area contributed by atoms with Crippen LogP contribution in [0.15, 0.2) is 4.52 Å². The monoisotopic (exact) mass is 420 g/mol. The van der Waals surface area contributed by atoms with E-state index < -0.39 is 5.60 Å². The van der Waals surface area contributed by atoms with Crippen molar-refractivity contribution in [1.29, 1.82) is 0 Å². The van der Waals surface area contributed by atoms with Gasteiger partial charge in [-0.05, 0) is 52.9 Å². The van der Waals surface area contributed by atoms with Gasteiger partial charge >= 0.3 is 6.09 Å². The van der Waals surface area contributed by atoms with Crippen molar-refractivity contribution < 1.29 is 18.8 Å². The van der Waals surface area contributed by atoms with Gasteiger partial charge in [-0.25, -0.2) is 4.79 Å². The largest absolute Gasteiger partial charge is 0.444 e. The van der Waals surface area contributed by atoms with E-state index in [2.05, 4.69) is 22.4 Å². The fourth-order valence-electron chi connectivity index (χ4n) is 4.43. The SMILES string of the molecule is CC1CCN(C(=O)OC(C)(C)C)C(C)C1NC(=O)CCc1nc(C2CCCC2)no1. The number of ether oxygens (including phenoxy) is 1. The average Bonchev–Trinajstić information content (AvgIpc) is 3.33. The zero-order valence-electron chi connectivity index (χ0n) is 18.9. The van der Waals surface area contributed by atoms with Crippen LogP contribution in [0.25, 0.3) is 0 Å². The van der Waals surface area contributed by atoms with Gasteiger partial charge in [-0.15, -0.1) is 0 Å². The summed E-state index contributed by atoms with van der Waals surface area (Å²) in [4.78, 5) is 31.4. The molecule has 2 fully saturated rings. The summed E-state index contributed by atoms with van der Waals surface area (Å²) in [5.41, 5.74) is -0.542. The molecule has 3 rings (SSSR count). The highest BCUT2D eigenvalue weighted by atomic mass is 16.6. The standard InChI is InChI=1S/C22H36N4O4/c1-14-12-13-26(21(28)29-22(3,4)5)15(2)19(14)23-17(27)10-11-18-24-20(25-30-18)16-8-6-7-9-16/h14-16,19H,6-13H2,1-5H3,(H,23,27). The fraction of sp³-hybridized carbons (Fsp3) is 0.818. The van der Waals surface area contributed by atoms with Crippen LogP contribution in [0, 0.1) is 5.92 Å². The third kappa shape index (κ3) is 5.73. The normalized spacial score (nSPS) is 25.4. The summed E-state index contributed by atoms with van der Waals surface area (Å²) in [7, 11) is 0. The van der Waals surface area contributed by atoms with E-state index in [0.717, 1.165) is 25.1 Å². The van der Waals surface area contributed by atoms with Crippen molar-refractivity contribution in [2.45, 2.75) is 103 Å². The third-order valence-electron chi connectivity index (χ3n) is 6.18. The smallest absolute Gasteiger partial charge is 0.410 e. The number of aromatic nitrogens is 2. The molecule has 1 saturated heterocycles. The Bertz CT molecular complexity index is 736. The highest BCUT2D eigenvalue weighted by molar-refractivity contribution is 5.76. The zero-order valence-corrected chi connectivity index (χ0v) is 18.9. The molecule has 2 amide bonds. The van der Waals surface area contributed by atoms with E-state index in [9.17, 15) is 9.59 Å². The Morgan fingerprint density at radius 1 is 1.20 bits per heavy atom. The Hall–Kier alpha value is -2.12. The summed E-state index contributed by atoms with van der Waals surface area (Å²) in [6.07, 6.45) is 5.88. The Kier molecular flexibility index (Phi) is 7.03. The number of nitrogens with one attached hydrogen (secondary N) is 1. The summed E-state index contributed by atoms with van der Waals surface area (Å²) in [5, 5.41) is 7.22. The first kappa shape index (κ1) is 22.6. The van der Waals surface area contributed by atoms with Gasteiger partial charge in [-0.2, -0.15) is 4.98 Å². The number of amides is 2. The third-order valence-corrected chi connectivity index (χ3v) is 6.18. The molecule has 2 heterocycles. The van der Waals surface area contributed by atoms with E-state index in [1.54, 1.807) is 4.90 Å². The molecule has 1 aromatic rings. The van der Waals surface area contributed by atoms with Gasteiger partial charge in [0, 0.05) is 25.3 Å². The van der Waals surface area contributed by atoms with E-state index in [-0.39, 0.29) is 36.4 Å². The molecule has 1 aromatic heterocycles. The van der Waals surface area contributed by atoms with E-state index >= 15 is 0 Å². The Morgan fingerprint density at radius 2 is 1.90 bits per heavy atom. The molecule has 0 bridgehead atoms. The summed E-state index contributed by atoms with van der Waals surface area (Å²) in [5.74, 6) is 1.92. The summed E-state index contributed by atoms with van der Waals surface area (Å²) in [6, 6.07) is -0.250. The first-order valence-corrected chi connectivity index (χ1v) is 11.3. The van der Waals surface area contributed by atoms with Crippen LogP contribution < -0.4 is 5.32 Å². The lowest BCUT2D eigenvalue weighted by atomic mass is 9.87. The van der Waals surface area contributed by atoms with Crippen LogP contribution in [0.3, 0.4) is 0 Å². The summed E-state index contributed by atoms with van der Waals surface area (Å²) in [6.45, 7) is 10.3. The van der Waals surface area contributed by atoms with Crippen molar-refractivity contribution in [3.8, 4) is 0 Å². The minimum Gasteiger partial charge on any atom is -0.444 e. The van der Waals surface area contributed by atoms with Crippen molar-refractivity contribution in [3.05, 3.63) is 11.7 Å². The Balaban J connectivity index is 1.52. The van der Waals surface area contributed by atoms with Gasteiger partial charge in [-0.3, -0.25) is 4.79 Å². The Labute approximate surface area is 179 Å². The second-order valence-corrected chi connectivity index (χ2v) is 9.80. The lowest BCUT2D eigenvalue weighted by Gasteiger charge is -2.43. The van der Waals surface area contributed by atoms with Gasteiger partial charge in [0.2, 0.25) is 11.8 Å². The van der Waals surface area contributed by atoms with Crippen molar-refractivity contribution in [2.24, 2.45) is 5.92 Å². The molecular weight excluding hydrogens is 384 g/mol. The van der Waals surface area contributed by atoms with Crippen molar-refractivity contribution in [2.75, 3.05) is 6.54 Å². The summed E-state index contributed by atoms with van der Waals surface area (Å²) >= 11 is 0. The predicted molar refractivity (Wildman–Crippen MR) is 112 cm³/mol. The molecule has 0 aromatic carbocycles. The minimum atomic E-state index is -0.542. The van der Waals surface area contributed by atoms with Gasteiger partial charge in [0.1, 0.15) is 5.60 Å². The quantitative estimate of drug-likeness (QED) is 0.778. The van der Waals surface area contributed by atoms with E-state index in [0.29, 0.717) is 24.8 Å². The minimum absolute atomic E-state index is 0.0645. The molecule has 1 aliphatic heterocycles. The van der Waals surface area contributed by atoms with E-state index in [1.165, 1.54) is 12.8 Å². The number of nitrogens with zero attached hydrogens (tertiary/aromatic N) is 3. The maximum absolute atomic E-state index is 12.6. The predicted octanol–water partition coefficient (Wildman–Crippen LogP) is 3.81. The topological polar surface area (TPSA) is 97.6 Å². The second-order valence-electron chi connectivity index (χ2n) is 9.80. The van der Waals surface area contributed by atoms with Crippen molar-refractivity contribution >= 4 is 12.0 Å². The van der Waals surface area contributed by atoms with Crippen LogP contribution in [0.1, 0.15) is 90.8 Å². The van der Waals surface area contributed by atoms with Gasteiger partial charge in [0.25, 0.3) is 0 Å².